The molecule has 0 aromatic carbocycles. The zero-order valence-corrected chi connectivity index (χ0v) is 14.8. The van der Waals surface area contributed by atoms with E-state index in [1.165, 1.54) is 36.6 Å². The lowest BCUT2D eigenvalue weighted by atomic mass is 10.0. The Morgan fingerprint density at radius 1 is 1.28 bits per heavy atom. The van der Waals surface area contributed by atoms with Crippen LogP contribution in [0.4, 0.5) is 0 Å². The molecule has 1 aliphatic rings. The van der Waals surface area contributed by atoms with Gasteiger partial charge >= 0.3 is 5.69 Å². The normalized spacial score (nSPS) is 15.1. The number of hydrogen-bond donors (Lipinski definition) is 1. The Kier molecular flexibility index (Phi) is 5.06. The van der Waals surface area contributed by atoms with Crippen LogP contribution in [0, 0.1) is 5.92 Å². The topological polar surface area (TPSA) is 90.9 Å². The van der Waals surface area contributed by atoms with Crippen LogP contribution in [0.15, 0.2) is 15.9 Å². The Labute approximate surface area is 145 Å². The average molecular weight is 347 g/mol. The predicted molar refractivity (Wildman–Crippen MR) is 94.4 cm³/mol. The van der Waals surface area contributed by atoms with Crippen LogP contribution in [0.3, 0.4) is 0 Å². The van der Waals surface area contributed by atoms with Gasteiger partial charge in [0.2, 0.25) is 5.91 Å². The summed E-state index contributed by atoms with van der Waals surface area (Å²) in [7, 11) is 3.24. The quantitative estimate of drug-likeness (QED) is 0.771. The van der Waals surface area contributed by atoms with Crippen LogP contribution in [0.25, 0.3) is 11.2 Å². The van der Waals surface area contributed by atoms with Crippen molar-refractivity contribution in [2.75, 3.05) is 6.54 Å². The maximum Gasteiger partial charge on any atom is 0.332 e. The Bertz CT molecular complexity index is 886. The molecule has 0 radical (unpaired) electrons. The van der Waals surface area contributed by atoms with E-state index in [-0.39, 0.29) is 12.5 Å². The van der Waals surface area contributed by atoms with Crippen molar-refractivity contribution in [1.82, 2.24) is 24.0 Å². The van der Waals surface area contributed by atoms with Gasteiger partial charge in [-0.25, -0.2) is 14.3 Å². The smallest absolute Gasteiger partial charge is 0.332 e. The van der Waals surface area contributed by atoms with Gasteiger partial charge in [-0.15, -0.1) is 0 Å². The van der Waals surface area contributed by atoms with E-state index in [4.69, 9.17) is 0 Å². The van der Waals surface area contributed by atoms with Crippen molar-refractivity contribution in [3.63, 3.8) is 0 Å². The monoisotopic (exact) mass is 347 g/mol. The lowest BCUT2D eigenvalue weighted by Gasteiger charge is -2.11. The van der Waals surface area contributed by atoms with Crippen molar-refractivity contribution < 1.29 is 4.79 Å². The van der Waals surface area contributed by atoms with Crippen molar-refractivity contribution in [3.8, 4) is 0 Å². The van der Waals surface area contributed by atoms with Crippen molar-refractivity contribution in [2.24, 2.45) is 20.0 Å². The molecule has 0 atom stereocenters. The number of nitrogens with zero attached hydrogens (tertiary/aromatic N) is 4. The molecule has 0 bridgehead atoms. The van der Waals surface area contributed by atoms with Gasteiger partial charge < -0.3 is 9.88 Å². The van der Waals surface area contributed by atoms with Crippen LogP contribution >= 0.6 is 0 Å². The van der Waals surface area contributed by atoms with Crippen LogP contribution < -0.4 is 16.6 Å². The minimum Gasteiger partial charge on any atom is -0.355 e. The zero-order valence-electron chi connectivity index (χ0n) is 14.8. The molecule has 2 aromatic heterocycles. The number of fused-ring (bicyclic) bond motifs is 1. The van der Waals surface area contributed by atoms with Gasteiger partial charge in [0, 0.05) is 20.6 Å². The second-order valence-electron chi connectivity index (χ2n) is 6.90. The number of carbonyl (C=O) groups is 1. The lowest BCUT2D eigenvalue weighted by molar-refractivity contribution is -0.121. The third-order valence-corrected chi connectivity index (χ3v) is 5.09. The largest absolute Gasteiger partial charge is 0.355 e. The van der Waals surface area contributed by atoms with Gasteiger partial charge in [0.15, 0.2) is 11.2 Å². The molecule has 0 aliphatic heterocycles. The Balaban J connectivity index is 1.65. The van der Waals surface area contributed by atoms with E-state index in [9.17, 15) is 14.4 Å². The first-order chi connectivity index (χ1) is 12.0. The molecule has 1 saturated carbocycles. The van der Waals surface area contributed by atoms with Crippen molar-refractivity contribution in [1.29, 1.82) is 0 Å². The van der Waals surface area contributed by atoms with Gasteiger partial charge in [-0.05, 0) is 18.8 Å². The average Bonchev–Trinajstić information content (AvgIpc) is 3.23. The molecule has 1 N–H and O–H groups in total. The molecule has 3 rings (SSSR count). The highest BCUT2D eigenvalue weighted by atomic mass is 16.2. The Hall–Kier alpha value is -2.38. The summed E-state index contributed by atoms with van der Waals surface area (Å²) in [4.78, 5) is 41.1. The minimum absolute atomic E-state index is 0.268. The van der Waals surface area contributed by atoms with Crippen LogP contribution in [-0.4, -0.2) is 31.1 Å². The minimum atomic E-state index is -0.530. The summed E-state index contributed by atoms with van der Waals surface area (Å²) in [6.07, 6.45) is 8.78. The third-order valence-electron chi connectivity index (χ3n) is 5.09. The Morgan fingerprint density at radius 2 is 2.00 bits per heavy atom. The number of aromatic nitrogens is 4. The summed E-state index contributed by atoms with van der Waals surface area (Å²) in [6, 6.07) is 0. The number of imidazole rings is 1. The maximum atomic E-state index is 12.5. The van der Waals surface area contributed by atoms with E-state index in [0.29, 0.717) is 17.7 Å². The summed E-state index contributed by atoms with van der Waals surface area (Å²) in [5.41, 5.74) is -0.377. The summed E-state index contributed by atoms with van der Waals surface area (Å²) in [5.74, 6) is 0.478. The van der Waals surface area contributed by atoms with E-state index < -0.39 is 11.2 Å². The zero-order chi connectivity index (χ0) is 18.0. The molecule has 0 saturated heterocycles. The van der Waals surface area contributed by atoms with E-state index in [2.05, 4.69) is 10.3 Å². The molecule has 1 fully saturated rings. The number of amides is 1. The van der Waals surface area contributed by atoms with Crippen molar-refractivity contribution in [2.45, 2.75) is 45.1 Å². The van der Waals surface area contributed by atoms with E-state index in [0.717, 1.165) is 23.3 Å². The van der Waals surface area contributed by atoms with Crippen LogP contribution in [0.1, 0.15) is 38.5 Å². The predicted octanol–water partition coefficient (Wildman–Crippen LogP) is 0.520. The number of rotatable bonds is 6. The molecule has 25 heavy (non-hydrogen) atoms. The first-order valence-electron chi connectivity index (χ1n) is 8.86. The highest BCUT2D eigenvalue weighted by Gasteiger charge is 2.17. The molecule has 2 aromatic rings. The molecular formula is C17H25N5O3. The number of aryl methyl sites for hydroxylation is 2. The number of carbonyl (C=O) groups excluding carboxylic acids is 1. The van der Waals surface area contributed by atoms with Gasteiger partial charge in [0.25, 0.3) is 5.56 Å². The molecule has 136 valence electrons. The third kappa shape index (κ3) is 3.52. The van der Waals surface area contributed by atoms with Gasteiger partial charge in [-0.2, -0.15) is 0 Å². The second kappa shape index (κ2) is 7.25. The second-order valence-corrected chi connectivity index (χ2v) is 6.90. The van der Waals surface area contributed by atoms with Gasteiger partial charge in [0.05, 0.1) is 6.33 Å². The fourth-order valence-electron chi connectivity index (χ4n) is 3.65. The van der Waals surface area contributed by atoms with E-state index in [1.807, 2.05) is 0 Å². The summed E-state index contributed by atoms with van der Waals surface area (Å²) >= 11 is 0. The van der Waals surface area contributed by atoms with Crippen molar-refractivity contribution >= 4 is 17.1 Å². The summed E-state index contributed by atoms with van der Waals surface area (Å²) in [6.45, 7) is 0.314. The van der Waals surface area contributed by atoms with Gasteiger partial charge in [-0.1, -0.05) is 25.7 Å². The van der Waals surface area contributed by atoms with E-state index in [1.54, 1.807) is 18.7 Å². The molecule has 1 amide bonds. The van der Waals surface area contributed by atoms with Gasteiger partial charge in [0.1, 0.15) is 6.54 Å². The SMILES string of the molecule is Cn1cnc2c1c(=O)n(CC(=O)NCCCC1CCCC1)c(=O)n2C. The molecular weight excluding hydrogens is 322 g/mol. The number of nitrogens with one attached hydrogen (secondary N) is 1. The van der Waals surface area contributed by atoms with Crippen LogP contribution in [0.5, 0.6) is 0 Å². The standard InChI is InChI=1S/C17H25N5O3/c1-20-11-19-15-14(20)16(24)22(17(25)21(15)2)10-13(23)18-9-5-8-12-6-3-4-7-12/h11-12H,3-10H2,1-2H3,(H,18,23). The molecule has 0 spiro atoms. The molecule has 1 aliphatic carbocycles. The highest BCUT2D eigenvalue weighted by Crippen LogP contribution is 2.28. The van der Waals surface area contributed by atoms with Crippen LogP contribution in [0.2, 0.25) is 0 Å². The van der Waals surface area contributed by atoms with Crippen molar-refractivity contribution in [3.05, 3.63) is 27.2 Å². The lowest BCUT2D eigenvalue weighted by Crippen LogP contribution is -2.43. The molecule has 2 heterocycles. The van der Waals surface area contributed by atoms with Gasteiger partial charge in [-0.3, -0.25) is 14.2 Å². The first-order valence-corrected chi connectivity index (χ1v) is 8.86. The number of hydrogen-bond acceptors (Lipinski definition) is 4. The molecule has 8 nitrogen and oxygen atoms in total. The fourth-order valence-corrected chi connectivity index (χ4v) is 3.65. The van der Waals surface area contributed by atoms with Crippen LogP contribution in [-0.2, 0) is 25.4 Å². The molecule has 0 unspecified atom stereocenters. The maximum absolute atomic E-state index is 12.5. The van der Waals surface area contributed by atoms with E-state index >= 15 is 0 Å². The molecule has 8 heteroatoms. The Morgan fingerprint density at radius 3 is 2.72 bits per heavy atom. The first kappa shape index (κ1) is 17.4. The summed E-state index contributed by atoms with van der Waals surface area (Å²) < 4.78 is 3.83. The highest BCUT2D eigenvalue weighted by molar-refractivity contribution is 5.76. The summed E-state index contributed by atoms with van der Waals surface area (Å²) in [5, 5.41) is 2.82. The fraction of sp³-hybridized carbons (Fsp3) is 0.647.